The van der Waals surface area contributed by atoms with Crippen LogP contribution in [0.4, 0.5) is 4.39 Å². The number of rotatable bonds is 4. The summed E-state index contributed by atoms with van der Waals surface area (Å²) >= 11 is 0. The average molecular weight is 352 g/mol. The predicted molar refractivity (Wildman–Crippen MR) is 98.3 cm³/mol. The lowest BCUT2D eigenvalue weighted by Crippen LogP contribution is -2.48. The normalized spacial score (nSPS) is 17.6. The smallest absolute Gasteiger partial charge is 0.223 e. The molecule has 2 aromatic carbocycles. The van der Waals surface area contributed by atoms with Crippen molar-refractivity contribution in [2.45, 2.75) is 18.9 Å². The average Bonchev–Trinajstić information content (AvgIpc) is 3.09. The van der Waals surface area contributed by atoms with Crippen molar-refractivity contribution in [1.82, 2.24) is 10.2 Å². The molecule has 26 heavy (non-hydrogen) atoms. The van der Waals surface area contributed by atoms with Gasteiger partial charge in [-0.15, -0.1) is 0 Å². The summed E-state index contributed by atoms with van der Waals surface area (Å²) in [5.41, 5.74) is 1.67. The second-order valence-corrected chi connectivity index (χ2v) is 6.61. The van der Waals surface area contributed by atoms with Crippen molar-refractivity contribution in [2.75, 3.05) is 19.6 Å². The zero-order valence-electron chi connectivity index (χ0n) is 14.5. The molecule has 1 atom stereocenters. The van der Waals surface area contributed by atoms with E-state index in [1.54, 1.807) is 6.07 Å². The fourth-order valence-electron chi connectivity index (χ4n) is 3.55. The Kier molecular flexibility index (Phi) is 4.71. The summed E-state index contributed by atoms with van der Waals surface area (Å²) in [5.74, 6) is 0.612. The van der Waals surface area contributed by atoms with Gasteiger partial charge >= 0.3 is 0 Å². The summed E-state index contributed by atoms with van der Waals surface area (Å²) < 4.78 is 19.4. The number of furan rings is 1. The predicted octanol–water partition coefficient (Wildman–Crippen LogP) is 3.68. The fourth-order valence-corrected chi connectivity index (χ4v) is 3.55. The van der Waals surface area contributed by atoms with Gasteiger partial charge in [0.1, 0.15) is 17.2 Å². The number of carbonyl (C=O) groups is 1. The molecule has 1 amide bonds. The minimum absolute atomic E-state index is 0.0706. The van der Waals surface area contributed by atoms with Crippen molar-refractivity contribution >= 4 is 16.9 Å². The van der Waals surface area contributed by atoms with E-state index in [9.17, 15) is 9.18 Å². The van der Waals surface area contributed by atoms with Crippen molar-refractivity contribution in [3.05, 3.63) is 71.7 Å². The number of hydrogen-bond donors (Lipinski definition) is 1. The van der Waals surface area contributed by atoms with Gasteiger partial charge in [-0.2, -0.15) is 0 Å². The van der Waals surface area contributed by atoms with Crippen LogP contribution in [0.3, 0.4) is 0 Å². The van der Waals surface area contributed by atoms with Crippen molar-refractivity contribution in [2.24, 2.45) is 0 Å². The van der Waals surface area contributed by atoms with E-state index >= 15 is 0 Å². The summed E-state index contributed by atoms with van der Waals surface area (Å²) in [5, 5.41) is 4.35. The van der Waals surface area contributed by atoms with Crippen LogP contribution >= 0.6 is 0 Å². The number of carbonyl (C=O) groups excluding carboxylic acids is 1. The van der Waals surface area contributed by atoms with Gasteiger partial charge in [0, 0.05) is 37.9 Å². The third-order valence-electron chi connectivity index (χ3n) is 4.86. The summed E-state index contributed by atoms with van der Waals surface area (Å²) in [6.07, 6.45) is 0.943. The molecule has 134 valence electrons. The van der Waals surface area contributed by atoms with Gasteiger partial charge in [-0.3, -0.25) is 4.79 Å². The number of nitrogens with one attached hydrogen (secondary N) is 1. The Bertz CT molecular complexity index is 888. The fraction of sp³-hybridized carbons (Fsp3) is 0.286. The Morgan fingerprint density at radius 1 is 1.19 bits per heavy atom. The molecule has 1 aromatic heterocycles. The van der Waals surface area contributed by atoms with Crippen molar-refractivity contribution in [3.8, 4) is 0 Å². The van der Waals surface area contributed by atoms with Crippen LogP contribution in [-0.2, 0) is 11.2 Å². The lowest BCUT2D eigenvalue weighted by Gasteiger charge is -2.36. The zero-order chi connectivity index (χ0) is 17.9. The molecular weight excluding hydrogens is 331 g/mol. The van der Waals surface area contributed by atoms with Gasteiger partial charge in [0.2, 0.25) is 5.91 Å². The van der Waals surface area contributed by atoms with E-state index in [1.165, 1.54) is 12.1 Å². The Labute approximate surface area is 151 Å². The number of para-hydroxylation sites is 1. The van der Waals surface area contributed by atoms with E-state index in [1.807, 2.05) is 41.3 Å². The molecule has 0 aliphatic carbocycles. The van der Waals surface area contributed by atoms with Crippen LogP contribution < -0.4 is 5.32 Å². The molecule has 0 bridgehead atoms. The maximum Gasteiger partial charge on any atom is 0.223 e. The minimum Gasteiger partial charge on any atom is -0.461 e. The Hall–Kier alpha value is -2.66. The molecule has 1 aliphatic rings. The first-order valence-corrected chi connectivity index (χ1v) is 8.94. The molecule has 0 spiro atoms. The first-order valence-electron chi connectivity index (χ1n) is 8.94. The molecule has 2 heterocycles. The van der Waals surface area contributed by atoms with E-state index in [4.69, 9.17) is 4.42 Å². The monoisotopic (exact) mass is 352 g/mol. The third kappa shape index (κ3) is 3.48. The molecule has 0 radical (unpaired) electrons. The van der Waals surface area contributed by atoms with Crippen molar-refractivity contribution < 1.29 is 13.6 Å². The van der Waals surface area contributed by atoms with Gasteiger partial charge in [0.05, 0.1) is 6.04 Å². The lowest BCUT2D eigenvalue weighted by molar-refractivity contribution is -0.134. The van der Waals surface area contributed by atoms with Crippen LogP contribution in [0.25, 0.3) is 11.0 Å². The molecule has 1 N–H and O–H groups in total. The van der Waals surface area contributed by atoms with Crippen LogP contribution in [0.1, 0.15) is 23.8 Å². The van der Waals surface area contributed by atoms with Crippen molar-refractivity contribution in [1.29, 1.82) is 0 Å². The highest BCUT2D eigenvalue weighted by Gasteiger charge is 2.27. The number of nitrogens with zero attached hydrogens (tertiary/aromatic N) is 1. The molecule has 4 rings (SSSR count). The van der Waals surface area contributed by atoms with Gasteiger partial charge in [0.25, 0.3) is 0 Å². The Balaban J connectivity index is 1.46. The number of halogens is 1. The van der Waals surface area contributed by atoms with Crippen LogP contribution in [0.2, 0.25) is 0 Å². The topological polar surface area (TPSA) is 45.5 Å². The van der Waals surface area contributed by atoms with E-state index in [0.29, 0.717) is 25.9 Å². The molecule has 1 fully saturated rings. The van der Waals surface area contributed by atoms with E-state index in [-0.39, 0.29) is 17.8 Å². The first kappa shape index (κ1) is 16.8. The summed E-state index contributed by atoms with van der Waals surface area (Å²) in [7, 11) is 0. The molecule has 3 aromatic rings. The highest BCUT2D eigenvalue weighted by molar-refractivity contribution is 5.79. The van der Waals surface area contributed by atoms with E-state index in [0.717, 1.165) is 28.8 Å². The maximum absolute atomic E-state index is 13.6. The van der Waals surface area contributed by atoms with E-state index in [2.05, 4.69) is 5.32 Å². The molecule has 1 unspecified atom stereocenters. The molecule has 5 heteroatoms. The lowest BCUT2D eigenvalue weighted by atomic mass is 10.0. The molecule has 1 saturated heterocycles. The zero-order valence-corrected chi connectivity index (χ0v) is 14.5. The van der Waals surface area contributed by atoms with Crippen LogP contribution in [-0.4, -0.2) is 30.4 Å². The van der Waals surface area contributed by atoms with Gasteiger partial charge in [-0.05, 0) is 29.8 Å². The number of hydrogen-bond acceptors (Lipinski definition) is 3. The molecule has 0 saturated carbocycles. The summed E-state index contributed by atoms with van der Waals surface area (Å²) in [4.78, 5) is 14.7. The van der Waals surface area contributed by atoms with Crippen LogP contribution in [0, 0.1) is 5.82 Å². The van der Waals surface area contributed by atoms with Gasteiger partial charge in [-0.25, -0.2) is 4.39 Å². The minimum atomic E-state index is -0.275. The quantitative estimate of drug-likeness (QED) is 0.779. The van der Waals surface area contributed by atoms with Crippen molar-refractivity contribution in [3.63, 3.8) is 0 Å². The Morgan fingerprint density at radius 3 is 2.92 bits per heavy atom. The summed E-state index contributed by atoms with van der Waals surface area (Å²) in [6.45, 7) is 2.02. The summed E-state index contributed by atoms with van der Waals surface area (Å²) in [6, 6.07) is 16.2. The highest BCUT2D eigenvalue weighted by Crippen LogP contribution is 2.25. The Morgan fingerprint density at radius 2 is 2.08 bits per heavy atom. The highest BCUT2D eigenvalue weighted by atomic mass is 19.1. The number of amides is 1. The molecule has 4 nitrogen and oxygen atoms in total. The third-order valence-corrected chi connectivity index (χ3v) is 4.86. The standard InChI is InChI=1S/C21H21FN2O2/c22-17-6-3-5-15(12-17)19-14-23-10-11-24(19)21(25)9-8-18-13-16-4-1-2-7-20(16)26-18/h1-7,12-13,19,23H,8-11,14H2. The second-order valence-electron chi connectivity index (χ2n) is 6.61. The number of piperazine rings is 1. The maximum atomic E-state index is 13.6. The first-order chi connectivity index (χ1) is 12.7. The molecule has 1 aliphatic heterocycles. The molecular formula is C21H21FN2O2. The van der Waals surface area contributed by atoms with Crippen LogP contribution in [0.15, 0.2) is 59.0 Å². The second kappa shape index (κ2) is 7.30. The SMILES string of the molecule is O=C(CCc1cc2ccccc2o1)N1CCNCC1c1cccc(F)c1. The number of fused-ring (bicyclic) bond motifs is 1. The van der Waals surface area contributed by atoms with Gasteiger partial charge in [-0.1, -0.05) is 30.3 Å². The largest absolute Gasteiger partial charge is 0.461 e. The number of benzene rings is 2. The van der Waals surface area contributed by atoms with Gasteiger partial charge in [0.15, 0.2) is 0 Å². The van der Waals surface area contributed by atoms with Gasteiger partial charge < -0.3 is 14.6 Å². The van der Waals surface area contributed by atoms with E-state index < -0.39 is 0 Å². The number of aryl methyl sites for hydroxylation is 1. The van der Waals surface area contributed by atoms with Crippen LogP contribution in [0.5, 0.6) is 0 Å².